The molecule has 0 aliphatic rings. The van der Waals surface area contributed by atoms with Crippen molar-refractivity contribution in [1.82, 2.24) is 15.4 Å². The van der Waals surface area contributed by atoms with E-state index >= 15 is 0 Å². The lowest BCUT2D eigenvalue weighted by Crippen LogP contribution is -2.41. The van der Waals surface area contributed by atoms with Crippen molar-refractivity contribution in [2.24, 2.45) is 4.99 Å². The second kappa shape index (κ2) is 9.55. The summed E-state index contributed by atoms with van der Waals surface area (Å²) in [6.07, 6.45) is 0. The van der Waals surface area contributed by atoms with Crippen LogP contribution in [0.25, 0.3) is 0 Å². The number of sulfonamides is 1. The molecule has 25 heavy (non-hydrogen) atoms. The molecule has 0 aliphatic carbocycles. The molecule has 2 aromatic rings. The Balaban J connectivity index is 1.84. The van der Waals surface area contributed by atoms with E-state index in [1.807, 2.05) is 6.92 Å². The van der Waals surface area contributed by atoms with Crippen molar-refractivity contribution in [1.29, 1.82) is 0 Å². The number of nitrogens with one attached hydrogen (secondary N) is 3. The molecule has 0 amide bonds. The first kappa shape index (κ1) is 19.4. The number of benzene rings is 1. The molecule has 0 unspecified atom stereocenters. The van der Waals surface area contributed by atoms with Gasteiger partial charge < -0.3 is 10.6 Å². The van der Waals surface area contributed by atoms with Crippen molar-refractivity contribution >= 4 is 27.3 Å². The van der Waals surface area contributed by atoms with Crippen LogP contribution in [-0.4, -0.2) is 34.0 Å². The van der Waals surface area contributed by atoms with Crippen LogP contribution in [0, 0.1) is 6.92 Å². The monoisotopic (exact) mass is 380 g/mol. The van der Waals surface area contributed by atoms with Gasteiger partial charge in [-0.25, -0.2) is 18.1 Å². The zero-order valence-electron chi connectivity index (χ0n) is 14.5. The van der Waals surface area contributed by atoms with Crippen molar-refractivity contribution in [2.45, 2.75) is 25.3 Å². The zero-order valence-corrected chi connectivity index (χ0v) is 16.1. The largest absolute Gasteiger partial charge is 0.357 e. The second-order valence-corrected chi connectivity index (χ2v) is 8.13. The first-order chi connectivity index (χ1) is 12.0. The molecule has 1 aromatic carbocycles. The maximum Gasteiger partial charge on any atom is 0.240 e. The van der Waals surface area contributed by atoms with E-state index in [9.17, 15) is 8.42 Å². The molecule has 0 aliphatic heterocycles. The maximum absolute atomic E-state index is 12.1. The minimum absolute atomic E-state index is 0.267. The SMILES string of the molecule is CCNC(=NCc1sccc1C)NCCNS(=O)(=O)c1ccccc1. The Kier molecular flexibility index (Phi) is 7.42. The lowest BCUT2D eigenvalue weighted by atomic mass is 10.3. The molecule has 0 bridgehead atoms. The molecule has 136 valence electrons. The Bertz CT molecular complexity index is 786. The first-order valence-corrected chi connectivity index (χ1v) is 10.5. The van der Waals surface area contributed by atoms with Gasteiger partial charge in [0.25, 0.3) is 0 Å². The van der Waals surface area contributed by atoms with Crippen LogP contribution < -0.4 is 15.4 Å². The molecule has 0 atom stereocenters. The van der Waals surface area contributed by atoms with Crippen molar-refractivity contribution in [3.8, 4) is 0 Å². The number of guanidine groups is 1. The lowest BCUT2D eigenvalue weighted by molar-refractivity contribution is 0.580. The van der Waals surface area contributed by atoms with Crippen LogP contribution in [0.1, 0.15) is 17.4 Å². The summed E-state index contributed by atoms with van der Waals surface area (Å²) in [4.78, 5) is 6.03. The van der Waals surface area contributed by atoms with Crippen LogP contribution in [0.2, 0.25) is 0 Å². The molecular weight excluding hydrogens is 356 g/mol. The standard InChI is InChI=1S/C17H24N4O2S2/c1-3-18-17(20-13-16-14(2)9-12-24-16)19-10-11-21-25(22,23)15-7-5-4-6-8-15/h4-9,12,21H,3,10-11,13H2,1-2H3,(H2,18,19,20). The summed E-state index contributed by atoms with van der Waals surface area (Å²) in [5.41, 5.74) is 1.24. The lowest BCUT2D eigenvalue weighted by Gasteiger charge is -2.12. The number of rotatable bonds is 8. The third-order valence-electron chi connectivity index (χ3n) is 3.46. The van der Waals surface area contributed by atoms with Gasteiger partial charge in [-0.05, 0) is 43.0 Å². The first-order valence-electron chi connectivity index (χ1n) is 8.13. The van der Waals surface area contributed by atoms with E-state index in [4.69, 9.17) is 0 Å². The fraction of sp³-hybridized carbons (Fsp3) is 0.353. The highest BCUT2D eigenvalue weighted by molar-refractivity contribution is 7.89. The van der Waals surface area contributed by atoms with E-state index in [2.05, 4.69) is 38.7 Å². The van der Waals surface area contributed by atoms with Gasteiger partial charge in [-0.3, -0.25) is 0 Å². The molecule has 0 fully saturated rings. The minimum Gasteiger partial charge on any atom is -0.357 e. The van der Waals surface area contributed by atoms with E-state index in [0.29, 0.717) is 19.0 Å². The Hall–Kier alpha value is -1.90. The molecule has 3 N–H and O–H groups in total. The van der Waals surface area contributed by atoms with Crippen LogP contribution in [0.15, 0.2) is 51.7 Å². The van der Waals surface area contributed by atoms with E-state index < -0.39 is 10.0 Å². The molecule has 0 spiro atoms. The zero-order chi connectivity index (χ0) is 18.1. The fourth-order valence-corrected chi connectivity index (χ4v) is 3.99. The van der Waals surface area contributed by atoms with E-state index in [0.717, 1.165) is 6.54 Å². The molecule has 1 aromatic heterocycles. The van der Waals surface area contributed by atoms with Gasteiger partial charge in [-0.2, -0.15) is 0 Å². The number of nitrogens with zero attached hydrogens (tertiary/aromatic N) is 1. The highest BCUT2D eigenvalue weighted by Gasteiger charge is 2.12. The van der Waals surface area contributed by atoms with Gasteiger partial charge in [0.05, 0.1) is 11.4 Å². The van der Waals surface area contributed by atoms with Crippen molar-refractivity contribution in [3.05, 3.63) is 52.2 Å². The number of aliphatic imine (C=N–C) groups is 1. The van der Waals surface area contributed by atoms with E-state index in [1.54, 1.807) is 41.7 Å². The van der Waals surface area contributed by atoms with Gasteiger partial charge in [0.2, 0.25) is 10.0 Å². The van der Waals surface area contributed by atoms with Crippen molar-refractivity contribution < 1.29 is 8.42 Å². The predicted octanol–water partition coefficient (Wildman–Crippen LogP) is 2.09. The quantitative estimate of drug-likeness (QED) is 0.372. The topological polar surface area (TPSA) is 82.6 Å². The summed E-state index contributed by atoms with van der Waals surface area (Å²) in [7, 11) is -3.47. The third-order valence-corrected chi connectivity index (χ3v) is 5.94. The van der Waals surface area contributed by atoms with Crippen LogP contribution in [0.4, 0.5) is 0 Å². The van der Waals surface area contributed by atoms with Gasteiger partial charge in [0, 0.05) is 24.5 Å². The Labute approximate surface area is 153 Å². The summed E-state index contributed by atoms with van der Waals surface area (Å²) < 4.78 is 26.9. The van der Waals surface area contributed by atoms with E-state index in [1.165, 1.54) is 10.4 Å². The molecular formula is C17H24N4O2S2. The van der Waals surface area contributed by atoms with Gasteiger partial charge in [0.1, 0.15) is 0 Å². The summed E-state index contributed by atoms with van der Waals surface area (Å²) >= 11 is 1.68. The molecule has 0 saturated carbocycles. The van der Waals surface area contributed by atoms with Crippen LogP contribution in [-0.2, 0) is 16.6 Å². The number of thiophene rings is 1. The fourth-order valence-electron chi connectivity index (χ4n) is 2.11. The average Bonchev–Trinajstić information content (AvgIpc) is 3.02. The normalized spacial score (nSPS) is 12.2. The highest BCUT2D eigenvalue weighted by Crippen LogP contribution is 2.16. The van der Waals surface area contributed by atoms with Crippen LogP contribution >= 0.6 is 11.3 Å². The summed E-state index contributed by atoms with van der Waals surface area (Å²) in [6, 6.07) is 10.4. The molecule has 6 nitrogen and oxygen atoms in total. The Morgan fingerprint density at radius 2 is 1.88 bits per heavy atom. The summed E-state index contributed by atoms with van der Waals surface area (Å²) in [6.45, 7) is 6.13. The van der Waals surface area contributed by atoms with Gasteiger partial charge in [-0.1, -0.05) is 18.2 Å². The van der Waals surface area contributed by atoms with Crippen molar-refractivity contribution in [2.75, 3.05) is 19.6 Å². The van der Waals surface area contributed by atoms with Gasteiger partial charge >= 0.3 is 0 Å². The van der Waals surface area contributed by atoms with E-state index in [-0.39, 0.29) is 11.4 Å². The summed E-state index contributed by atoms with van der Waals surface area (Å²) in [5, 5.41) is 8.36. The van der Waals surface area contributed by atoms with Crippen LogP contribution in [0.3, 0.4) is 0 Å². The predicted molar refractivity (Wildman–Crippen MR) is 104 cm³/mol. The molecule has 2 rings (SSSR count). The maximum atomic E-state index is 12.1. The smallest absolute Gasteiger partial charge is 0.240 e. The number of hydrogen-bond donors (Lipinski definition) is 3. The Morgan fingerprint density at radius 3 is 2.52 bits per heavy atom. The number of aryl methyl sites for hydroxylation is 1. The van der Waals surface area contributed by atoms with Crippen LogP contribution in [0.5, 0.6) is 0 Å². The summed E-state index contributed by atoms with van der Waals surface area (Å²) in [5.74, 6) is 0.675. The molecule has 8 heteroatoms. The molecule has 0 radical (unpaired) electrons. The molecule has 1 heterocycles. The highest BCUT2D eigenvalue weighted by atomic mass is 32.2. The third kappa shape index (κ3) is 6.15. The number of hydrogen-bond acceptors (Lipinski definition) is 4. The minimum atomic E-state index is -3.47. The molecule has 0 saturated heterocycles. The van der Waals surface area contributed by atoms with Gasteiger partial charge in [0.15, 0.2) is 5.96 Å². The average molecular weight is 381 g/mol. The Morgan fingerprint density at radius 1 is 1.12 bits per heavy atom. The second-order valence-electron chi connectivity index (χ2n) is 5.36. The van der Waals surface area contributed by atoms with Crippen molar-refractivity contribution in [3.63, 3.8) is 0 Å². The van der Waals surface area contributed by atoms with Gasteiger partial charge in [-0.15, -0.1) is 11.3 Å².